The SMILES string of the molecule is CC1CCC2(C)C(C1)c1cc(-c3c4ccccc4cc4ccccc34)ccc1N2c1ccccc1. The van der Waals surface area contributed by atoms with Gasteiger partial charge in [0, 0.05) is 22.8 Å². The van der Waals surface area contributed by atoms with Gasteiger partial charge in [-0.1, -0.05) is 79.7 Å². The van der Waals surface area contributed by atoms with Crippen molar-refractivity contribution in [2.45, 2.75) is 44.6 Å². The van der Waals surface area contributed by atoms with Gasteiger partial charge in [0.1, 0.15) is 0 Å². The lowest BCUT2D eigenvalue weighted by Crippen LogP contribution is -2.46. The minimum atomic E-state index is 0.121. The fraction of sp³-hybridized carbons (Fsp3) is 0.235. The summed E-state index contributed by atoms with van der Waals surface area (Å²) in [5, 5.41) is 5.29. The molecule has 1 fully saturated rings. The van der Waals surface area contributed by atoms with Crippen LogP contribution in [0.4, 0.5) is 11.4 Å². The highest BCUT2D eigenvalue weighted by Crippen LogP contribution is 2.59. The van der Waals surface area contributed by atoms with E-state index in [1.165, 1.54) is 68.9 Å². The third kappa shape index (κ3) is 3.07. The van der Waals surface area contributed by atoms with E-state index in [1.54, 1.807) is 0 Å². The van der Waals surface area contributed by atoms with Crippen molar-refractivity contribution < 1.29 is 0 Å². The van der Waals surface area contributed by atoms with E-state index in [-0.39, 0.29) is 5.54 Å². The molecular formula is C34H31N. The average Bonchev–Trinajstić information content (AvgIpc) is 3.15. The fourth-order valence-corrected chi connectivity index (χ4v) is 7.02. The van der Waals surface area contributed by atoms with Crippen molar-refractivity contribution >= 4 is 32.9 Å². The number of hydrogen-bond donors (Lipinski definition) is 0. The lowest BCUT2D eigenvalue weighted by molar-refractivity contribution is 0.237. The van der Waals surface area contributed by atoms with Crippen molar-refractivity contribution in [1.29, 1.82) is 0 Å². The molecule has 1 heterocycles. The normalized spacial score (nSPS) is 23.4. The average molecular weight is 454 g/mol. The lowest BCUT2D eigenvalue weighted by atomic mass is 9.69. The maximum Gasteiger partial charge on any atom is 0.0492 e. The number of benzene rings is 5. The molecule has 1 saturated carbocycles. The monoisotopic (exact) mass is 453 g/mol. The summed E-state index contributed by atoms with van der Waals surface area (Å²) < 4.78 is 0. The van der Waals surface area contributed by atoms with Crippen molar-refractivity contribution in [3.8, 4) is 11.1 Å². The van der Waals surface area contributed by atoms with Gasteiger partial charge in [0.15, 0.2) is 0 Å². The van der Waals surface area contributed by atoms with Crippen LogP contribution in [0.3, 0.4) is 0 Å². The molecule has 0 saturated heterocycles. The van der Waals surface area contributed by atoms with E-state index in [4.69, 9.17) is 0 Å². The van der Waals surface area contributed by atoms with Gasteiger partial charge in [0.2, 0.25) is 0 Å². The minimum Gasteiger partial charge on any atom is -0.335 e. The number of fused-ring (bicyclic) bond motifs is 5. The zero-order chi connectivity index (χ0) is 23.6. The Morgan fingerprint density at radius 3 is 2.11 bits per heavy atom. The molecular weight excluding hydrogens is 422 g/mol. The molecule has 35 heavy (non-hydrogen) atoms. The second-order valence-corrected chi connectivity index (χ2v) is 10.9. The molecule has 3 atom stereocenters. The molecule has 0 N–H and O–H groups in total. The minimum absolute atomic E-state index is 0.121. The van der Waals surface area contributed by atoms with E-state index in [0.717, 1.165) is 5.92 Å². The first kappa shape index (κ1) is 20.8. The molecule has 5 aromatic carbocycles. The number of anilines is 2. The fourth-order valence-electron chi connectivity index (χ4n) is 7.02. The highest BCUT2D eigenvalue weighted by atomic mass is 15.2. The van der Waals surface area contributed by atoms with Crippen LogP contribution in [0, 0.1) is 5.92 Å². The predicted molar refractivity (Wildman–Crippen MR) is 150 cm³/mol. The molecule has 3 unspecified atom stereocenters. The van der Waals surface area contributed by atoms with Crippen molar-refractivity contribution in [3.63, 3.8) is 0 Å². The number of rotatable bonds is 2. The van der Waals surface area contributed by atoms with Crippen molar-refractivity contribution in [1.82, 2.24) is 0 Å². The van der Waals surface area contributed by atoms with Gasteiger partial charge in [-0.25, -0.2) is 0 Å². The second-order valence-electron chi connectivity index (χ2n) is 10.9. The van der Waals surface area contributed by atoms with E-state index in [0.29, 0.717) is 5.92 Å². The van der Waals surface area contributed by atoms with Crippen LogP contribution in [0.2, 0.25) is 0 Å². The molecule has 1 heteroatoms. The van der Waals surface area contributed by atoms with E-state index >= 15 is 0 Å². The molecule has 0 amide bonds. The molecule has 172 valence electrons. The van der Waals surface area contributed by atoms with Crippen LogP contribution in [0.25, 0.3) is 32.7 Å². The predicted octanol–water partition coefficient (Wildman–Crippen LogP) is 9.47. The second kappa shape index (κ2) is 7.71. The van der Waals surface area contributed by atoms with Crippen LogP contribution in [0.1, 0.15) is 44.6 Å². The van der Waals surface area contributed by atoms with E-state index in [2.05, 4.69) is 122 Å². The smallest absolute Gasteiger partial charge is 0.0492 e. The summed E-state index contributed by atoms with van der Waals surface area (Å²) in [7, 11) is 0. The molecule has 7 rings (SSSR count). The standard InChI is InChI=1S/C34H31N/c1-23-18-19-34(2)31(20-23)30-22-26(16-17-32(30)35(34)27-12-4-3-5-13-27)33-28-14-8-6-10-24(28)21-25-11-7-9-15-29(25)33/h3-17,21-23,31H,18-20H2,1-2H3. The van der Waals surface area contributed by atoms with Crippen LogP contribution < -0.4 is 4.90 Å². The van der Waals surface area contributed by atoms with Gasteiger partial charge in [-0.2, -0.15) is 0 Å². The summed E-state index contributed by atoms with van der Waals surface area (Å²) >= 11 is 0. The Bertz CT molecular complexity index is 1510. The van der Waals surface area contributed by atoms with Crippen molar-refractivity contribution in [3.05, 3.63) is 109 Å². The summed E-state index contributed by atoms with van der Waals surface area (Å²) in [6, 6.07) is 38.4. The van der Waals surface area contributed by atoms with Gasteiger partial charge in [-0.05, 0) is 101 Å². The Morgan fingerprint density at radius 2 is 1.40 bits per heavy atom. The van der Waals surface area contributed by atoms with E-state index in [1.807, 2.05) is 0 Å². The maximum absolute atomic E-state index is 2.66. The number of nitrogens with zero attached hydrogens (tertiary/aromatic N) is 1. The lowest BCUT2D eigenvalue weighted by Gasteiger charge is -2.45. The molecule has 1 nitrogen and oxygen atoms in total. The Balaban J connectivity index is 1.49. The summed E-state index contributed by atoms with van der Waals surface area (Å²) in [4.78, 5) is 2.66. The third-order valence-electron chi connectivity index (χ3n) is 8.76. The number of para-hydroxylation sites is 1. The first-order valence-corrected chi connectivity index (χ1v) is 13.0. The highest BCUT2D eigenvalue weighted by Gasteiger charge is 2.51. The first-order chi connectivity index (χ1) is 17.1. The number of hydrogen-bond acceptors (Lipinski definition) is 1. The molecule has 0 spiro atoms. The van der Waals surface area contributed by atoms with Gasteiger partial charge < -0.3 is 4.90 Å². The first-order valence-electron chi connectivity index (χ1n) is 13.0. The topological polar surface area (TPSA) is 3.24 Å². The van der Waals surface area contributed by atoms with Crippen LogP contribution >= 0.6 is 0 Å². The summed E-state index contributed by atoms with van der Waals surface area (Å²) in [5.74, 6) is 1.31. The molecule has 0 bridgehead atoms. The summed E-state index contributed by atoms with van der Waals surface area (Å²) in [5.41, 5.74) is 7.06. The maximum atomic E-state index is 2.66. The molecule has 5 aromatic rings. The molecule has 1 aliphatic carbocycles. The third-order valence-corrected chi connectivity index (χ3v) is 8.76. The van der Waals surface area contributed by atoms with Crippen molar-refractivity contribution in [2.75, 3.05) is 4.90 Å². The van der Waals surface area contributed by atoms with Gasteiger partial charge in [0.25, 0.3) is 0 Å². The summed E-state index contributed by atoms with van der Waals surface area (Å²) in [6.45, 7) is 4.94. The Kier molecular flexibility index (Phi) is 4.58. The Morgan fingerprint density at radius 1 is 0.743 bits per heavy atom. The van der Waals surface area contributed by atoms with Gasteiger partial charge in [-0.15, -0.1) is 0 Å². The van der Waals surface area contributed by atoms with Gasteiger partial charge in [-0.3, -0.25) is 0 Å². The molecule has 0 aromatic heterocycles. The Labute approximate surface area is 208 Å². The zero-order valence-corrected chi connectivity index (χ0v) is 20.5. The van der Waals surface area contributed by atoms with Crippen LogP contribution in [0.15, 0.2) is 103 Å². The van der Waals surface area contributed by atoms with E-state index in [9.17, 15) is 0 Å². The van der Waals surface area contributed by atoms with Crippen LogP contribution in [0.5, 0.6) is 0 Å². The molecule has 1 aliphatic heterocycles. The van der Waals surface area contributed by atoms with Crippen LogP contribution in [-0.2, 0) is 0 Å². The quantitative estimate of drug-likeness (QED) is 0.241. The van der Waals surface area contributed by atoms with E-state index < -0.39 is 0 Å². The molecule has 2 aliphatic rings. The Hall–Kier alpha value is -3.58. The summed E-state index contributed by atoms with van der Waals surface area (Å²) in [6.07, 6.45) is 3.78. The molecule has 0 radical (unpaired) electrons. The van der Waals surface area contributed by atoms with Crippen molar-refractivity contribution in [2.24, 2.45) is 5.92 Å². The largest absolute Gasteiger partial charge is 0.335 e. The van der Waals surface area contributed by atoms with Gasteiger partial charge >= 0.3 is 0 Å². The van der Waals surface area contributed by atoms with Gasteiger partial charge in [0.05, 0.1) is 0 Å². The van der Waals surface area contributed by atoms with Crippen LogP contribution in [-0.4, -0.2) is 5.54 Å². The highest BCUT2D eigenvalue weighted by molar-refractivity contribution is 6.12. The zero-order valence-electron chi connectivity index (χ0n) is 20.5.